The van der Waals surface area contributed by atoms with Crippen LogP contribution in [0.4, 0.5) is 5.69 Å². The molecule has 98 valence electrons. The van der Waals surface area contributed by atoms with Crippen LogP contribution in [0.3, 0.4) is 0 Å². The largest absolute Gasteiger partial charge is 0.371 e. The van der Waals surface area contributed by atoms with Crippen LogP contribution in [-0.2, 0) is 0 Å². The molecule has 0 N–H and O–H groups in total. The Bertz CT molecular complexity index is 437. The number of rotatable bonds is 2. The van der Waals surface area contributed by atoms with Crippen molar-refractivity contribution in [1.29, 1.82) is 0 Å². The van der Waals surface area contributed by atoms with Gasteiger partial charge in [0.15, 0.2) is 0 Å². The Morgan fingerprint density at radius 1 is 1.28 bits per heavy atom. The van der Waals surface area contributed by atoms with Gasteiger partial charge in [-0.05, 0) is 68.4 Å². The molecule has 0 aliphatic carbocycles. The average molecular weight is 243 g/mol. The zero-order valence-electron chi connectivity index (χ0n) is 12.2. The molecular weight excluding hydrogens is 218 g/mol. The third-order valence-electron chi connectivity index (χ3n) is 4.21. The molecule has 1 aliphatic heterocycles. The van der Waals surface area contributed by atoms with Crippen molar-refractivity contribution in [2.75, 3.05) is 18.0 Å². The maximum absolute atomic E-state index is 2.55. The van der Waals surface area contributed by atoms with E-state index in [4.69, 9.17) is 0 Å². The zero-order chi connectivity index (χ0) is 13.1. The lowest BCUT2D eigenvalue weighted by Gasteiger charge is -2.33. The van der Waals surface area contributed by atoms with E-state index in [1.807, 2.05) is 0 Å². The van der Waals surface area contributed by atoms with Crippen molar-refractivity contribution < 1.29 is 0 Å². The molecule has 0 unspecified atom stereocenters. The first kappa shape index (κ1) is 13.2. The summed E-state index contributed by atoms with van der Waals surface area (Å²) < 4.78 is 0. The standard InChI is InChI=1S/C17H25N/c1-5-14(3)16-6-7-17(15(4)12-16)18-10-8-13(2)9-11-18/h5-7,12-13H,8-11H2,1-4H3/b14-5+. The van der Waals surface area contributed by atoms with Crippen molar-refractivity contribution in [1.82, 2.24) is 0 Å². The van der Waals surface area contributed by atoms with Crippen molar-refractivity contribution in [3.8, 4) is 0 Å². The number of piperidine rings is 1. The molecule has 1 saturated heterocycles. The highest BCUT2D eigenvalue weighted by Crippen LogP contribution is 2.28. The smallest absolute Gasteiger partial charge is 0.0396 e. The van der Waals surface area contributed by atoms with Gasteiger partial charge < -0.3 is 4.90 Å². The normalized spacial score (nSPS) is 18.2. The lowest BCUT2D eigenvalue weighted by Crippen LogP contribution is -2.33. The molecule has 1 aromatic rings. The highest BCUT2D eigenvalue weighted by molar-refractivity contribution is 5.67. The van der Waals surface area contributed by atoms with E-state index in [2.05, 4.69) is 56.9 Å². The summed E-state index contributed by atoms with van der Waals surface area (Å²) in [6.07, 6.45) is 4.83. The van der Waals surface area contributed by atoms with Gasteiger partial charge in [0.25, 0.3) is 0 Å². The summed E-state index contributed by atoms with van der Waals surface area (Å²) in [4.78, 5) is 2.55. The second-order valence-electron chi connectivity index (χ2n) is 5.64. The fourth-order valence-electron chi connectivity index (χ4n) is 2.67. The maximum Gasteiger partial charge on any atom is 0.0396 e. The lowest BCUT2D eigenvalue weighted by atomic mass is 9.97. The number of allylic oxidation sites excluding steroid dienone is 2. The molecule has 1 heterocycles. The van der Waals surface area contributed by atoms with Gasteiger partial charge in [0.2, 0.25) is 0 Å². The second-order valence-corrected chi connectivity index (χ2v) is 5.64. The van der Waals surface area contributed by atoms with E-state index in [0.717, 1.165) is 5.92 Å². The van der Waals surface area contributed by atoms with E-state index >= 15 is 0 Å². The van der Waals surface area contributed by atoms with Crippen LogP contribution in [0.15, 0.2) is 24.3 Å². The van der Waals surface area contributed by atoms with E-state index in [0.29, 0.717) is 0 Å². The maximum atomic E-state index is 2.55. The van der Waals surface area contributed by atoms with Crippen LogP contribution < -0.4 is 4.90 Å². The Balaban J connectivity index is 2.20. The predicted octanol–water partition coefficient (Wildman–Crippen LogP) is 4.65. The van der Waals surface area contributed by atoms with Crippen molar-refractivity contribution in [2.24, 2.45) is 5.92 Å². The first-order valence-electron chi connectivity index (χ1n) is 7.10. The molecule has 2 rings (SSSR count). The minimum atomic E-state index is 0.895. The quantitative estimate of drug-likeness (QED) is 0.730. The number of hydrogen-bond donors (Lipinski definition) is 0. The molecular formula is C17H25N. The number of aryl methyl sites for hydroxylation is 1. The van der Waals surface area contributed by atoms with Gasteiger partial charge in [-0.1, -0.05) is 19.1 Å². The molecule has 1 heteroatoms. The molecule has 1 fully saturated rings. The highest BCUT2D eigenvalue weighted by atomic mass is 15.1. The van der Waals surface area contributed by atoms with Crippen LogP contribution in [0.5, 0.6) is 0 Å². The minimum absolute atomic E-state index is 0.895. The number of anilines is 1. The number of hydrogen-bond acceptors (Lipinski definition) is 1. The van der Waals surface area contributed by atoms with E-state index in [1.54, 1.807) is 0 Å². The Morgan fingerprint density at radius 2 is 1.94 bits per heavy atom. The van der Waals surface area contributed by atoms with Crippen LogP contribution in [0.25, 0.3) is 5.57 Å². The molecule has 0 amide bonds. The molecule has 0 saturated carbocycles. The highest BCUT2D eigenvalue weighted by Gasteiger charge is 2.17. The summed E-state index contributed by atoms with van der Waals surface area (Å²) in [5, 5.41) is 0. The van der Waals surface area contributed by atoms with Gasteiger partial charge in [-0.2, -0.15) is 0 Å². The molecule has 1 aromatic carbocycles. The first-order valence-corrected chi connectivity index (χ1v) is 7.10. The topological polar surface area (TPSA) is 3.24 Å². The predicted molar refractivity (Wildman–Crippen MR) is 81.1 cm³/mol. The minimum Gasteiger partial charge on any atom is -0.371 e. The molecule has 0 atom stereocenters. The van der Waals surface area contributed by atoms with Gasteiger partial charge in [0.1, 0.15) is 0 Å². The Morgan fingerprint density at radius 3 is 2.50 bits per heavy atom. The summed E-state index contributed by atoms with van der Waals surface area (Å²) in [5.74, 6) is 0.895. The van der Waals surface area contributed by atoms with Crippen molar-refractivity contribution >= 4 is 11.3 Å². The van der Waals surface area contributed by atoms with Gasteiger partial charge in [-0.15, -0.1) is 0 Å². The summed E-state index contributed by atoms with van der Waals surface area (Å²) in [6, 6.07) is 6.88. The summed E-state index contributed by atoms with van der Waals surface area (Å²) in [6.45, 7) is 11.3. The van der Waals surface area contributed by atoms with Gasteiger partial charge in [0, 0.05) is 18.8 Å². The molecule has 0 spiro atoms. The van der Waals surface area contributed by atoms with E-state index in [1.165, 1.54) is 48.3 Å². The van der Waals surface area contributed by atoms with Crippen LogP contribution in [0.2, 0.25) is 0 Å². The fraction of sp³-hybridized carbons (Fsp3) is 0.529. The van der Waals surface area contributed by atoms with Crippen LogP contribution in [-0.4, -0.2) is 13.1 Å². The second kappa shape index (κ2) is 5.60. The van der Waals surface area contributed by atoms with Gasteiger partial charge >= 0.3 is 0 Å². The number of nitrogens with zero attached hydrogens (tertiary/aromatic N) is 1. The Kier molecular flexibility index (Phi) is 4.11. The van der Waals surface area contributed by atoms with Crippen molar-refractivity contribution in [3.63, 3.8) is 0 Å². The van der Waals surface area contributed by atoms with E-state index < -0.39 is 0 Å². The number of benzene rings is 1. The molecule has 0 radical (unpaired) electrons. The van der Waals surface area contributed by atoms with Crippen molar-refractivity contribution in [2.45, 2.75) is 40.5 Å². The van der Waals surface area contributed by atoms with Crippen LogP contribution in [0.1, 0.15) is 44.7 Å². The average Bonchev–Trinajstić information content (AvgIpc) is 2.39. The van der Waals surface area contributed by atoms with Gasteiger partial charge in [-0.3, -0.25) is 0 Å². The third kappa shape index (κ3) is 2.77. The molecule has 0 bridgehead atoms. The third-order valence-corrected chi connectivity index (χ3v) is 4.21. The van der Waals surface area contributed by atoms with Crippen LogP contribution in [0, 0.1) is 12.8 Å². The Labute approximate surface area is 112 Å². The first-order chi connectivity index (χ1) is 8.61. The monoisotopic (exact) mass is 243 g/mol. The van der Waals surface area contributed by atoms with E-state index in [9.17, 15) is 0 Å². The van der Waals surface area contributed by atoms with Gasteiger partial charge in [-0.25, -0.2) is 0 Å². The Hall–Kier alpha value is -1.24. The van der Waals surface area contributed by atoms with E-state index in [-0.39, 0.29) is 0 Å². The van der Waals surface area contributed by atoms with Gasteiger partial charge in [0.05, 0.1) is 0 Å². The summed E-state index contributed by atoms with van der Waals surface area (Å²) in [7, 11) is 0. The summed E-state index contributed by atoms with van der Waals surface area (Å²) in [5.41, 5.74) is 5.54. The summed E-state index contributed by atoms with van der Waals surface area (Å²) >= 11 is 0. The molecule has 0 aromatic heterocycles. The van der Waals surface area contributed by atoms with Crippen molar-refractivity contribution in [3.05, 3.63) is 35.4 Å². The zero-order valence-corrected chi connectivity index (χ0v) is 12.2. The molecule has 1 aliphatic rings. The fourth-order valence-corrected chi connectivity index (χ4v) is 2.67. The molecule has 1 nitrogen and oxygen atoms in total. The SMILES string of the molecule is C/C=C(\C)c1ccc(N2CCC(C)CC2)c(C)c1. The lowest BCUT2D eigenvalue weighted by molar-refractivity contribution is 0.438. The molecule has 18 heavy (non-hydrogen) atoms. The van der Waals surface area contributed by atoms with Crippen LogP contribution >= 0.6 is 0 Å².